The summed E-state index contributed by atoms with van der Waals surface area (Å²) in [6.07, 6.45) is 20.9. The molecular weight excluding hydrogens is 456 g/mol. The van der Waals surface area contributed by atoms with E-state index in [2.05, 4.69) is 21.8 Å². The minimum atomic E-state index is -3.45. The average molecular weight is 507 g/mol. The highest BCUT2D eigenvalue weighted by atomic mass is 32.2. The van der Waals surface area contributed by atoms with Crippen molar-refractivity contribution >= 4 is 21.5 Å². The molecule has 0 saturated carbocycles. The topological polar surface area (TPSA) is 87.8 Å². The van der Waals surface area contributed by atoms with Gasteiger partial charge in [0.25, 0.3) is 0 Å². The van der Waals surface area contributed by atoms with Gasteiger partial charge >= 0.3 is 0 Å². The summed E-state index contributed by atoms with van der Waals surface area (Å²) < 4.78 is 25.1. The number of piperidine rings is 1. The van der Waals surface area contributed by atoms with Gasteiger partial charge < -0.3 is 10.6 Å². The number of nitrogens with two attached hydrogens (primary N) is 1. The molecule has 2 rings (SSSR count). The molecular formula is C28H50N4O2S. The fourth-order valence-electron chi connectivity index (χ4n) is 4.75. The average Bonchev–Trinajstić information content (AvgIpc) is 2.85. The molecule has 200 valence electrons. The molecule has 1 aromatic rings. The number of amidine groups is 1. The second-order valence-corrected chi connectivity index (χ2v) is 11.9. The zero-order valence-corrected chi connectivity index (χ0v) is 23.0. The van der Waals surface area contributed by atoms with E-state index in [0.717, 1.165) is 44.3 Å². The van der Waals surface area contributed by atoms with Crippen molar-refractivity contribution in [3.63, 3.8) is 0 Å². The summed E-state index contributed by atoms with van der Waals surface area (Å²) in [4.78, 5) is 4.66. The third-order valence-electron chi connectivity index (χ3n) is 6.86. The SMILES string of the molecule is CCCCCCCCCCCCCCCCS(=O)(=O)NN=C(c1cccc(N)c1)N1CCCCC1. The quantitative estimate of drug-likeness (QED) is 0.0752. The van der Waals surface area contributed by atoms with E-state index in [0.29, 0.717) is 17.9 Å². The molecule has 3 N–H and O–H groups in total. The summed E-state index contributed by atoms with van der Waals surface area (Å²) in [6.45, 7) is 4.03. The molecule has 35 heavy (non-hydrogen) atoms. The van der Waals surface area contributed by atoms with Crippen LogP contribution >= 0.6 is 0 Å². The number of benzene rings is 1. The molecule has 0 aliphatic carbocycles. The van der Waals surface area contributed by atoms with Crippen molar-refractivity contribution in [2.45, 2.75) is 116 Å². The van der Waals surface area contributed by atoms with Gasteiger partial charge in [-0.25, -0.2) is 13.2 Å². The lowest BCUT2D eigenvalue weighted by molar-refractivity contribution is 0.341. The number of rotatable bonds is 18. The van der Waals surface area contributed by atoms with Gasteiger partial charge in [-0.2, -0.15) is 0 Å². The lowest BCUT2D eigenvalue weighted by Crippen LogP contribution is -2.38. The normalized spacial score (nSPS) is 14.9. The van der Waals surface area contributed by atoms with Crippen LogP contribution in [0.1, 0.15) is 122 Å². The predicted octanol–water partition coefficient (Wildman–Crippen LogP) is 6.82. The van der Waals surface area contributed by atoms with E-state index in [-0.39, 0.29) is 5.75 Å². The third kappa shape index (κ3) is 13.2. The fourth-order valence-corrected chi connectivity index (χ4v) is 5.65. The molecule has 0 radical (unpaired) electrons. The number of nitrogens with zero attached hydrogens (tertiary/aromatic N) is 2. The Morgan fingerprint density at radius 2 is 1.40 bits per heavy atom. The molecule has 1 fully saturated rings. The maximum Gasteiger partial charge on any atom is 0.247 e. The maximum atomic E-state index is 12.6. The smallest absolute Gasteiger partial charge is 0.247 e. The Morgan fingerprint density at radius 1 is 0.857 bits per heavy atom. The van der Waals surface area contributed by atoms with Crippen LogP contribution in [0.15, 0.2) is 29.4 Å². The van der Waals surface area contributed by atoms with Crippen LogP contribution in [0.4, 0.5) is 5.69 Å². The Balaban J connectivity index is 1.63. The van der Waals surface area contributed by atoms with Gasteiger partial charge in [-0.1, -0.05) is 103 Å². The summed E-state index contributed by atoms with van der Waals surface area (Å²) in [7, 11) is -3.45. The van der Waals surface area contributed by atoms with Crippen molar-refractivity contribution in [2.75, 3.05) is 24.6 Å². The van der Waals surface area contributed by atoms with Gasteiger partial charge in [0.05, 0.1) is 5.75 Å². The molecule has 1 aromatic carbocycles. The summed E-state index contributed by atoms with van der Waals surface area (Å²) >= 11 is 0. The third-order valence-corrected chi connectivity index (χ3v) is 8.05. The summed E-state index contributed by atoms with van der Waals surface area (Å²) in [5, 5.41) is 4.36. The Hall–Kier alpha value is -1.76. The molecule has 0 amide bonds. The van der Waals surface area contributed by atoms with Crippen LogP contribution in [0.2, 0.25) is 0 Å². The zero-order valence-electron chi connectivity index (χ0n) is 22.1. The highest BCUT2D eigenvalue weighted by Crippen LogP contribution is 2.16. The molecule has 1 aliphatic rings. The number of hydrogen-bond acceptors (Lipinski definition) is 4. The van der Waals surface area contributed by atoms with Gasteiger partial charge in [0.1, 0.15) is 0 Å². The second-order valence-electron chi connectivity index (χ2n) is 10.1. The first-order valence-electron chi connectivity index (χ1n) is 14.2. The highest BCUT2D eigenvalue weighted by molar-refractivity contribution is 7.89. The Kier molecular flexibility index (Phi) is 14.8. The number of hydrazone groups is 1. The van der Waals surface area contributed by atoms with Crippen molar-refractivity contribution in [2.24, 2.45) is 5.10 Å². The zero-order chi connectivity index (χ0) is 25.2. The first-order chi connectivity index (χ1) is 17.0. The number of nitrogen functional groups attached to an aromatic ring is 1. The van der Waals surface area contributed by atoms with Crippen molar-refractivity contribution in [3.8, 4) is 0 Å². The van der Waals surface area contributed by atoms with Crippen LogP contribution in [-0.2, 0) is 10.0 Å². The lowest BCUT2D eigenvalue weighted by atomic mass is 10.0. The first-order valence-corrected chi connectivity index (χ1v) is 15.8. The van der Waals surface area contributed by atoms with E-state index in [1.165, 1.54) is 77.0 Å². The number of likely N-dealkylation sites (tertiary alicyclic amines) is 1. The number of anilines is 1. The number of sulfonamides is 1. The maximum absolute atomic E-state index is 12.6. The Labute approximate surface area is 215 Å². The minimum absolute atomic E-state index is 0.124. The van der Waals surface area contributed by atoms with E-state index in [1.54, 1.807) is 0 Å². The Bertz CT molecular complexity index is 820. The summed E-state index contributed by atoms with van der Waals surface area (Å²) in [5.41, 5.74) is 7.47. The van der Waals surface area contributed by atoms with Crippen molar-refractivity contribution in [3.05, 3.63) is 29.8 Å². The molecule has 0 bridgehead atoms. The molecule has 7 heteroatoms. The van der Waals surface area contributed by atoms with Crippen molar-refractivity contribution < 1.29 is 8.42 Å². The van der Waals surface area contributed by atoms with E-state index in [1.807, 2.05) is 24.3 Å². The monoisotopic (exact) mass is 506 g/mol. The molecule has 1 heterocycles. The van der Waals surface area contributed by atoms with E-state index in [4.69, 9.17) is 5.73 Å². The number of unbranched alkanes of at least 4 members (excludes halogenated alkanes) is 13. The Morgan fingerprint density at radius 3 is 1.94 bits per heavy atom. The van der Waals surface area contributed by atoms with Gasteiger partial charge in [-0.15, -0.1) is 5.10 Å². The number of hydrogen-bond donors (Lipinski definition) is 2. The molecule has 0 unspecified atom stereocenters. The molecule has 0 atom stereocenters. The molecule has 0 spiro atoms. The van der Waals surface area contributed by atoms with Crippen LogP contribution in [-0.4, -0.2) is 38.0 Å². The first kappa shape index (κ1) is 29.5. The lowest BCUT2D eigenvalue weighted by Gasteiger charge is -2.29. The second kappa shape index (κ2) is 17.6. The summed E-state index contributed by atoms with van der Waals surface area (Å²) in [6, 6.07) is 7.51. The van der Waals surface area contributed by atoms with Crippen LogP contribution in [0.3, 0.4) is 0 Å². The van der Waals surface area contributed by atoms with Gasteiger partial charge in [0.15, 0.2) is 5.84 Å². The van der Waals surface area contributed by atoms with Crippen LogP contribution in [0, 0.1) is 0 Å². The highest BCUT2D eigenvalue weighted by Gasteiger charge is 2.18. The van der Waals surface area contributed by atoms with E-state index < -0.39 is 10.0 Å². The molecule has 6 nitrogen and oxygen atoms in total. The standard InChI is InChI=1S/C28H50N4O2S/c1-2-3-4-5-6-7-8-9-10-11-12-13-14-18-24-35(33,34)31-30-28(32-22-16-15-17-23-32)26-20-19-21-27(29)25-26/h19-21,25,31H,2-18,22-24,29H2,1H3. The number of nitrogens with one attached hydrogen (secondary N) is 1. The van der Waals surface area contributed by atoms with Gasteiger partial charge in [0, 0.05) is 24.3 Å². The van der Waals surface area contributed by atoms with Gasteiger partial charge in [-0.05, 0) is 37.8 Å². The predicted molar refractivity (Wildman–Crippen MR) is 150 cm³/mol. The molecule has 1 saturated heterocycles. The molecule has 1 aliphatic heterocycles. The van der Waals surface area contributed by atoms with Gasteiger partial charge in [0.2, 0.25) is 10.0 Å². The van der Waals surface area contributed by atoms with E-state index in [9.17, 15) is 8.42 Å². The van der Waals surface area contributed by atoms with Gasteiger partial charge in [-0.3, -0.25) is 0 Å². The summed E-state index contributed by atoms with van der Waals surface area (Å²) in [5.74, 6) is 0.792. The van der Waals surface area contributed by atoms with Crippen molar-refractivity contribution in [1.82, 2.24) is 9.73 Å². The van der Waals surface area contributed by atoms with Crippen molar-refractivity contribution in [1.29, 1.82) is 0 Å². The minimum Gasteiger partial charge on any atom is -0.399 e. The molecule has 0 aromatic heterocycles. The van der Waals surface area contributed by atoms with Crippen LogP contribution in [0.25, 0.3) is 0 Å². The van der Waals surface area contributed by atoms with Crippen LogP contribution < -0.4 is 10.6 Å². The largest absolute Gasteiger partial charge is 0.399 e. The van der Waals surface area contributed by atoms with E-state index >= 15 is 0 Å². The van der Waals surface area contributed by atoms with Crippen LogP contribution in [0.5, 0.6) is 0 Å². The fraction of sp³-hybridized carbons (Fsp3) is 0.750.